The molecule has 0 aliphatic heterocycles. The molecule has 12 aromatic rings. The fourth-order valence-corrected chi connectivity index (χ4v) is 13.5. The monoisotopic (exact) mass is 1460 g/mol. The molecule has 0 unspecified atom stereocenters. The first kappa shape index (κ1) is 61.3. The normalized spacial score (nSPS) is 14.9. The van der Waals surface area contributed by atoms with Gasteiger partial charge < -0.3 is 0 Å². The molecule has 0 radical (unpaired) electrons. The average molecular weight is 1460 g/mol. The van der Waals surface area contributed by atoms with Gasteiger partial charge in [-0.15, -0.1) is 0 Å². The van der Waals surface area contributed by atoms with Crippen molar-refractivity contribution >= 4 is 0 Å². The van der Waals surface area contributed by atoms with Gasteiger partial charge in [-0.3, -0.25) is 0 Å². The SMILES string of the molecule is C.C.C.C.[2H]C([2H])([2H])c1cc(C)c(-c2cc(C([2H])(C)C)c(C([2H])(C)C)c[n+]2C)cc1-c1ccccc1.[2H]C([2H])([2H])c1cc(C)c(-c2cc(C([2H])(C)C)c(C([2H])([2H])[2H])c[n+]2C)cc1-c1ccccc1.[2H]C([2H])([2H])c1cc(C)c(-c2cc(C)c(C([2H])(C)C)c[n+]2C)cc1-c1ccccc1.[2H]C([2H])([2H])c1cc(C)c(-c2cc(C)c(C([2H])([2H])C(C)(C)C)c[n+]2C)cc1-c1ccccc1. The highest BCUT2D eigenvalue weighted by Gasteiger charge is 2.26. The second-order valence-electron chi connectivity index (χ2n) is 29.6. The molecule has 0 saturated heterocycles. The molecule has 0 bridgehead atoms. The molecule has 0 amide bonds. The predicted octanol–water partition coefficient (Wildman–Crippen LogP) is 27.4. The highest BCUT2D eigenvalue weighted by Crippen LogP contribution is 2.38. The molecule has 0 atom stereocenters. The first-order valence-corrected chi connectivity index (χ1v) is 35.7. The van der Waals surface area contributed by atoms with Crippen molar-refractivity contribution in [2.45, 2.75) is 212 Å². The van der Waals surface area contributed by atoms with Crippen LogP contribution < -0.4 is 18.3 Å². The Labute approximate surface area is 686 Å². The Bertz CT molecular complexity index is 5730. The fraction of sp³-hybridized carbons (Fsp3) is 0.346. The maximum atomic E-state index is 8.71. The minimum absolute atomic E-state index is 0. The van der Waals surface area contributed by atoms with E-state index in [1.807, 2.05) is 315 Å². The molecule has 4 nitrogen and oxygen atoms in total. The number of pyridine rings is 4. The molecular weight excluding hydrogens is 1310 g/mol. The van der Waals surface area contributed by atoms with E-state index in [0.717, 1.165) is 123 Å². The van der Waals surface area contributed by atoms with Crippen LogP contribution in [0.4, 0.5) is 0 Å². The summed E-state index contributed by atoms with van der Waals surface area (Å²) in [7, 11) is 7.59. The summed E-state index contributed by atoms with van der Waals surface area (Å²) in [6.07, 6.45) is 5.88. The van der Waals surface area contributed by atoms with Crippen LogP contribution in [0.3, 0.4) is 0 Å². The number of hydrogen-bond acceptors (Lipinski definition) is 0. The zero-order valence-corrected chi connectivity index (χ0v) is 65.1. The van der Waals surface area contributed by atoms with Crippen molar-refractivity contribution in [3.8, 4) is 89.5 Å². The van der Waals surface area contributed by atoms with Gasteiger partial charge in [-0.25, -0.2) is 18.3 Å². The van der Waals surface area contributed by atoms with Crippen LogP contribution in [0.1, 0.15) is 247 Å². The first-order chi connectivity index (χ1) is 57.2. The molecule has 0 aliphatic carbocycles. The van der Waals surface area contributed by atoms with Crippen molar-refractivity contribution in [3.05, 3.63) is 308 Å². The quantitative estimate of drug-likeness (QED) is 0.102. The third kappa shape index (κ3) is 21.2. The summed E-state index contributed by atoms with van der Waals surface area (Å²) >= 11 is 0. The predicted molar refractivity (Wildman–Crippen MR) is 473 cm³/mol. The third-order valence-corrected chi connectivity index (χ3v) is 19.1. The van der Waals surface area contributed by atoms with Crippen molar-refractivity contribution in [2.24, 2.45) is 33.6 Å². The van der Waals surface area contributed by atoms with Crippen LogP contribution >= 0.6 is 0 Å². The third-order valence-electron chi connectivity index (χ3n) is 19.1. The van der Waals surface area contributed by atoms with Crippen molar-refractivity contribution in [1.82, 2.24) is 0 Å². The second-order valence-corrected chi connectivity index (χ2v) is 29.6. The second kappa shape index (κ2) is 38.4. The van der Waals surface area contributed by atoms with E-state index in [-0.39, 0.29) is 40.8 Å². The van der Waals surface area contributed by atoms with E-state index in [1.165, 1.54) is 0 Å². The Hall–Kier alpha value is -9.64. The molecule has 0 aliphatic rings. The standard InChI is InChI=1S/2C26H32N.2C24H28N.4CH4/c1-18-14-25(27(7)17-22(18)16-26(4,5)6)24-15-23(19(2)13-20(24)3)21-11-9-8-10-12-21;1-17(2)22-15-26(27(7)16-25(22)18(3)4)24-14-23(19(5)13-20(24)6)21-11-9-8-10-12-21;1-16(2)21-14-24(25(6)15-19(21)5)23-13-22(17(3)12-18(23)4)20-10-8-7-9-11-20;1-16(2)23-15-25(6)24(13-19(23)5)22-14-21(17(3)12-18(22)4)20-10-8-7-9-11-20;;;;/h8-15,17H,16H2,1-7H3;8-18H,1-7H3;2*7-16H,1-6H3;4*1H4/q4*+1;;;;/i2D3,16D2;5D3,17D,18D;3D3,5D3,16D;3D3,16D;;;;. The summed E-state index contributed by atoms with van der Waals surface area (Å²) in [4.78, 5) is 0. The van der Waals surface area contributed by atoms with E-state index >= 15 is 0 Å². The highest BCUT2D eigenvalue weighted by molar-refractivity contribution is 5.80. The van der Waals surface area contributed by atoms with Crippen LogP contribution in [-0.4, -0.2) is 0 Å². The molecule has 0 fully saturated rings. The molecule has 12 rings (SSSR count). The van der Waals surface area contributed by atoms with E-state index < -0.39 is 69.6 Å². The van der Waals surface area contributed by atoms with E-state index in [1.54, 1.807) is 62.0 Å². The summed E-state index contributed by atoms with van der Waals surface area (Å²) in [5.41, 5.74) is 23.2. The Morgan fingerprint density at radius 2 is 0.556 bits per heavy atom. The lowest BCUT2D eigenvalue weighted by Crippen LogP contribution is -2.32. The van der Waals surface area contributed by atoms with Gasteiger partial charge in [0.25, 0.3) is 0 Å². The van der Waals surface area contributed by atoms with E-state index in [4.69, 9.17) is 28.8 Å². The van der Waals surface area contributed by atoms with E-state index in [9.17, 15) is 0 Å². The molecule has 4 heteroatoms. The first-order valence-electron chi connectivity index (χ1n) is 46.2. The van der Waals surface area contributed by atoms with Gasteiger partial charge in [0.15, 0.2) is 24.8 Å². The van der Waals surface area contributed by atoms with Crippen LogP contribution in [0.2, 0.25) is 0 Å². The molecule has 568 valence electrons. The van der Waals surface area contributed by atoms with Gasteiger partial charge in [0.1, 0.15) is 28.2 Å². The number of benzene rings is 8. The smallest absolute Gasteiger partial charge is 0.201 e. The molecule has 0 saturated carbocycles. The van der Waals surface area contributed by atoms with Gasteiger partial charge in [0.2, 0.25) is 22.8 Å². The molecule has 108 heavy (non-hydrogen) atoms. The van der Waals surface area contributed by atoms with Crippen molar-refractivity contribution in [2.75, 3.05) is 0 Å². The Morgan fingerprint density at radius 1 is 0.287 bits per heavy atom. The lowest BCUT2D eigenvalue weighted by atomic mass is 9.86. The van der Waals surface area contributed by atoms with Crippen LogP contribution in [0.25, 0.3) is 89.5 Å². The van der Waals surface area contributed by atoms with Crippen molar-refractivity contribution in [1.29, 1.82) is 0 Å². The Morgan fingerprint density at radius 3 is 0.852 bits per heavy atom. The van der Waals surface area contributed by atoms with E-state index in [2.05, 4.69) is 6.07 Å². The van der Waals surface area contributed by atoms with Crippen molar-refractivity contribution < 1.29 is 47.1 Å². The maximum absolute atomic E-state index is 8.71. The van der Waals surface area contributed by atoms with Gasteiger partial charge >= 0.3 is 0 Å². The van der Waals surface area contributed by atoms with Crippen LogP contribution in [-0.2, 0) is 34.6 Å². The minimum atomic E-state index is -2.35. The van der Waals surface area contributed by atoms with E-state index in [0.29, 0.717) is 44.5 Å². The lowest BCUT2D eigenvalue weighted by molar-refractivity contribution is -0.661. The van der Waals surface area contributed by atoms with Gasteiger partial charge in [0, 0.05) is 97.6 Å². The largest absolute Gasteiger partial charge is 0.212 e. The number of hydrogen-bond donors (Lipinski definition) is 0. The average Bonchev–Trinajstić information content (AvgIpc) is 0.851. The Kier molecular flexibility index (Phi) is 21.8. The van der Waals surface area contributed by atoms with Gasteiger partial charge in [-0.2, -0.15) is 0 Å². The van der Waals surface area contributed by atoms with Crippen LogP contribution in [0, 0.1) is 81.2 Å². The zero-order valence-electron chi connectivity index (χ0n) is 86.1. The Balaban J connectivity index is 0.000000302. The molecule has 0 spiro atoms. The maximum Gasteiger partial charge on any atom is 0.212 e. The van der Waals surface area contributed by atoms with Gasteiger partial charge in [0.05, 0.1) is 0 Å². The molecule has 8 aromatic carbocycles. The highest BCUT2D eigenvalue weighted by atomic mass is 14.9. The summed E-state index contributed by atoms with van der Waals surface area (Å²) < 4.78 is 180. The van der Waals surface area contributed by atoms with Gasteiger partial charge in [-0.05, 0) is 247 Å². The lowest BCUT2D eigenvalue weighted by Gasteiger charge is -2.19. The van der Waals surface area contributed by atoms with Gasteiger partial charge in [-0.1, -0.05) is 251 Å². The number of rotatable bonds is 13. The number of aryl methyl sites for hydroxylation is 15. The van der Waals surface area contributed by atoms with Crippen molar-refractivity contribution in [3.63, 3.8) is 0 Å². The summed E-state index contributed by atoms with van der Waals surface area (Å²) in [5.74, 6) is -3.54. The summed E-state index contributed by atoms with van der Waals surface area (Å²) in [6.45, 7) is 20.5. The molecule has 4 aromatic heterocycles. The van der Waals surface area contributed by atoms with Crippen LogP contribution in [0.5, 0.6) is 0 Å². The molecular formula is C104H136N4+4. The number of nitrogens with zero attached hydrogens (tertiary/aromatic N) is 4. The molecule has 4 heterocycles. The fourth-order valence-electron chi connectivity index (χ4n) is 13.5. The van der Waals surface area contributed by atoms with Crippen LogP contribution in [0.15, 0.2) is 219 Å². The molecule has 0 N–H and O–H groups in total. The summed E-state index contributed by atoms with van der Waals surface area (Å²) in [5, 5.41) is 0. The minimum Gasteiger partial charge on any atom is -0.201 e. The zero-order chi connectivity index (χ0) is 93.7. The topological polar surface area (TPSA) is 15.5 Å². The summed E-state index contributed by atoms with van der Waals surface area (Å²) in [6, 6.07) is 60.8. The number of aromatic nitrogens is 4.